The third kappa shape index (κ3) is 4.05. The number of amides is 1. The molecule has 0 aliphatic rings. The summed E-state index contributed by atoms with van der Waals surface area (Å²) in [5.74, 6) is 2.30. The number of primary amides is 1. The van der Waals surface area contributed by atoms with Gasteiger partial charge < -0.3 is 10.5 Å². The normalized spacial score (nSPS) is 10.6. The molecule has 0 aliphatic carbocycles. The number of thioether (sulfide) groups is 1. The van der Waals surface area contributed by atoms with Gasteiger partial charge in [-0.25, -0.2) is 0 Å². The SMILES string of the molecule is NC(=O)CSCc1ccccc1Oc1ccc2ccccc2c1. The second kappa shape index (κ2) is 7.20. The fourth-order valence-corrected chi connectivity index (χ4v) is 3.10. The molecule has 3 rings (SSSR count). The van der Waals surface area contributed by atoms with Crippen LogP contribution in [0, 0.1) is 0 Å². The Morgan fingerprint density at radius 3 is 2.52 bits per heavy atom. The van der Waals surface area contributed by atoms with Gasteiger partial charge in [-0.05, 0) is 29.0 Å². The number of carbonyl (C=O) groups is 1. The Bertz CT molecular complexity index is 832. The van der Waals surface area contributed by atoms with Crippen molar-refractivity contribution in [3.63, 3.8) is 0 Å². The predicted octanol–water partition coefficient (Wildman–Crippen LogP) is 4.35. The fourth-order valence-electron chi connectivity index (χ4n) is 2.34. The maximum atomic E-state index is 10.9. The van der Waals surface area contributed by atoms with Crippen LogP contribution in [0.3, 0.4) is 0 Å². The molecule has 3 aromatic rings. The van der Waals surface area contributed by atoms with E-state index in [0.29, 0.717) is 11.5 Å². The van der Waals surface area contributed by atoms with E-state index in [1.165, 1.54) is 17.1 Å². The molecule has 116 valence electrons. The van der Waals surface area contributed by atoms with Gasteiger partial charge in [0.15, 0.2) is 0 Å². The van der Waals surface area contributed by atoms with Crippen molar-refractivity contribution in [2.24, 2.45) is 5.73 Å². The van der Waals surface area contributed by atoms with Crippen LogP contribution < -0.4 is 10.5 Å². The van der Waals surface area contributed by atoms with E-state index in [9.17, 15) is 4.79 Å². The number of hydrogen-bond acceptors (Lipinski definition) is 3. The molecule has 0 heterocycles. The fraction of sp³-hybridized carbons (Fsp3) is 0.105. The van der Waals surface area contributed by atoms with Gasteiger partial charge in [-0.3, -0.25) is 4.79 Å². The van der Waals surface area contributed by atoms with Gasteiger partial charge in [0, 0.05) is 11.3 Å². The third-order valence-corrected chi connectivity index (χ3v) is 4.43. The van der Waals surface area contributed by atoms with Gasteiger partial charge in [-0.15, -0.1) is 11.8 Å². The van der Waals surface area contributed by atoms with E-state index in [-0.39, 0.29) is 5.91 Å². The molecular weight excluding hydrogens is 306 g/mol. The molecule has 0 radical (unpaired) electrons. The van der Waals surface area contributed by atoms with E-state index in [1.807, 2.05) is 48.5 Å². The molecule has 3 nitrogen and oxygen atoms in total. The Labute approximate surface area is 139 Å². The minimum Gasteiger partial charge on any atom is -0.457 e. The van der Waals surface area contributed by atoms with Gasteiger partial charge in [0.25, 0.3) is 0 Å². The summed E-state index contributed by atoms with van der Waals surface area (Å²) in [6, 6.07) is 22.1. The quantitative estimate of drug-likeness (QED) is 0.733. The first kappa shape index (κ1) is 15.4. The van der Waals surface area contributed by atoms with Crippen molar-refractivity contribution in [1.82, 2.24) is 0 Å². The first-order valence-corrected chi connectivity index (χ1v) is 8.48. The van der Waals surface area contributed by atoms with Crippen LogP contribution in [0.5, 0.6) is 11.5 Å². The van der Waals surface area contributed by atoms with Gasteiger partial charge in [0.2, 0.25) is 5.91 Å². The van der Waals surface area contributed by atoms with E-state index in [2.05, 4.69) is 18.2 Å². The molecule has 0 saturated carbocycles. The highest BCUT2D eigenvalue weighted by atomic mass is 32.2. The van der Waals surface area contributed by atoms with Crippen molar-refractivity contribution in [2.75, 3.05) is 5.75 Å². The van der Waals surface area contributed by atoms with Gasteiger partial charge in [-0.1, -0.05) is 48.5 Å². The van der Waals surface area contributed by atoms with E-state index in [1.54, 1.807) is 0 Å². The van der Waals surface area contributed by atoms with Crippen LogP contribution in [0.4, 0.5) is 0 Å². The number of para-hydroxylation sites is 1. The van der Waals surface area contributed by atoms with Crippen molar-refractivity contribution in [1.29, 1.82) is 0 Å². The molecule has 0 aliphatic heterocycles. The maximum Gasteiger partial charge on any atom is 0.227 e. The third-order valence-electron chi connectivity index (χ3n) is 3.42. The van der Waals surface area contributed by atoms with Gasteiger partial charge in [-0.2, -0.15) is 0 Å². The summed E-state index contributed by atoms with van der Waals surface area (Å²) in [5, 5.41) is 2.33. The van der Waals surface area contributed by atoms with E-state index in [4.69, 9.17) is 10.5 Å². The zero-order chi connectivity index (χ0) is 16.1. The van der Waals surface area contributed by atoms with E-state index < -0.39 is 0 Å². The zero-order valence-corrected chi connectivity index (χ0v) is 13.4. The Hall–Kier alpha value is -2.46. The van der Waals surface area contributed by atoms with Crippen LogP contribution in [0.15, 0.2) is 66.7 Å². The summed E-state index contributed by atoms with van der Waals surface area (Å²) in [4.78, 5) is 10.9. The first-order chi connectivity index (χ1) is 11.2. The lowest BCUT2D eigenvalue weighted by atomic mass is 10.1. The minimum atomic E-state index is -0.303. The largest absolute Gasteiger partial charge is 0.457 e. The molecule has 0 spiro atoms. The number of rotatable bonds is 6. The Morgan fingerprint density at radius 2 is 1.70 bits per heavy atom. The molecule has 0 fully saturated rings. The summed E-state index contributed by atoms with van der Waals surface area (Å²) in [6.07, 6.45) is 0. The highest BCUT2D eigenvalue weighted by Gasteiger charge is 2.06. The van der Waals surface area contributed by atoms with Crippen molar-refractivity contribution in [3.05, 3.63) is 72.3 Å². The van der Waals surface area contributed by atoms with Gasteiger partial charge in [0.1, 0.15) is 11.5 Å². The van der Waals surface area contributed by atoms with Crippen LogP contribution in [0.1, 0.15) is 5.56 Å². The van der Waals surface area contributed by atoms with E-state index in [0.717, 1.165) is 22.4 Å². The van der Waals surface area contributed by atoms with Crippen LogP contribution >= 0.6 is 11.8 Å². The molecule has 0 saturated heterocycles. The van der Waals surface area contributed by atoms with Crippen LogP contribution in [0.2, 0.25) is 0 Å². The van der Waals surface area contributed by atoms with Crippen LogP contribution in [-0.4, -0.2) is 11.7 Å². The first-order valence-electron chi connectivity index (χ1n) is 7.33. The molecule has 3 aromatic carbocycles. The second-order valence-electron chi connectivity index (χ2n) is 5.18. The molecular formula is C19H17NO2S. The lowest BCUT2D eigenvalue weighted by Gasteiger charge is -2.11. The molecule has 0 atom stereocenters. The second-order valence-corrected chi connectivity index (χ2v) is 6.16. The Balaban J connectivity index is 1.79. The predicted molar refractivity (Wildman–Crippen MR) is 95.8 cm³/mol. The Morgan fingerprint density at radius 1 is 0.957 bits per heavy atom. The number of carbonyl (C=O) groups excluding carboxylic acids is 1. The molecule has 23 heavy (non-hydrogen) atoms. The number of nitrogens with two attached hydrogens (primary N) is 1. The summed E-state index contributed by atoms with van der Waals surface area (Å²) >= 11 is 1.49. The highest BCUT2D eigenvalue weighted by Crippen LogP contribution is 2.30. The lowest BCUT2D eigenvalue weighted by Crippen LogP contribution is -2.13. The number of fused-ring (bicyclic) bond motifs is 1. The van der Waals surface area contributed by atoms with Crippen molar-refractivity contribution in [3.8, 4) is 11.5 Å². The number of ether oxygens (including phenoxy) is 1. The number of hydrogen-bond donors (Lipinski definition) is 1. The van der Waals surface area contributed by atoms with E-state index >= 15 is 0 Å². The summed E-state index contributed by atoms with van der Waals surface area (Å²) in [7, 11) is 0. The Kier molecular flexibility index (Phi) is 4.83. The summed E-state index contributed by atoms with van der Waals surface area (Å²) in [6.45, 7) is 0. The molecule has 0 bridgehead atoms. The summed E-state index contributed by atoms with van der Waals surface area (Å²) < 4.78 is 6.05. The van der Waals surface area contributed by atoms with Crippen LogP contribution in [0.25, 0.3) is 10.8 Å². The smallest absolute Gasteiger partial charge is 0.227 e. The monoisotopic (exact) mass is 323 g/mol. The average Bonchev–Trinajstić information content (AvgIpc) is 2.56. The minimum absolute atomic E-state index is 0.303. The molecule has 2 N–H and O–H groups in total. The van der Waals surface area contributed by atoms with Gasteiger partial charge in [0.05, 0.1) is 5.75 Å². The maximum absolute atomic E-state index is 10.9. The highest BCUT2D eigenvalue weighted by molar-refractivity contribution is 7.99. The summed E-state index contributed by atoms with van der Waals surface area (Å²) in [5.41, 5.74) is 6.23. The standard InChI is InChI=1S/C19H17NO2S/c20-19(21)13-23-12-16-7-3-4-8-18(16)22-17-10-9-14-5-1-2-6-15(14)11-17/h1-11H,12-13H2,(H2,20,21). The zero-order valence-electron chi connectivity index (χ0n) is 12.6. The molecule has 0 aromatic heterocycles. The molecule has 4 heteroatoms. The lowest BCUT2D eigenvalue weighted by molar-refractivity contribution is -0.115. The van der Waals surface area contributed by atoms with Crippen molar-refractivity contribution >= 4 is 28.4 Å². The average molecular weight is 323 g/mol. The molecule has 0 unspecified atom stereocenters. The van der Waals surface area contributed by atoms with Crippen LogP contribution in [-0.2, 0) is 10.5 Å². The van der Waals surface area contributed by atoms with Crippen molar-refractivity contribution < 1.29 is 9.53 Å². The molecule has 1 amide bonds. The number of benzene rings is 3. The topological polar surface area (TPSA) is 52.3 Å². The van der Waals surface area contributed by atoms with Gasteiger partial charge >= 0.3 is 0 Å². The van der Waals surface area contributed by atoms with Crippen molar-refractivity contribution in [2.45, 2.75) is 5.75 Å².